The third-order valence-corrected chi connectivity index (χ3v) is 5.45. The van der Waals surface area contributed by atoms with Gasteiger partial charge < -0.3 is 10.1 Å². The monoisotopic (exact) mass is 442 g/mol. The first-order chi connectivity index (χ1) is 13.6. The van der Waals surface area contributed by atoms with Crippen molar-refractivity contribution in [2.24, 2.45) is 5.92 Å². The van der Waals surface area contributed by atoms with Gasteiger partial charge in [-0.3, -0.25) is 10.1 Å². The molecule has 1 atom stereocenters. The number of carbonyl (C=O) groups excluding carboxylic acids is 2. The Kier molecular flexibility index (Phi) is 6.00. The Morgan fingerprint density at radius 3 is 2.24 bits per heavy atom. The van der Waals surface area contributed by atoms with Gasteiger partial charge in [-0.1, -0.05) is 6.07 Å². The van der Waals surface area contributed by atoms with Gasteiger partial charge >= 0.3 is 6.03 Å². The molecule has 1 unspecified atom stereocenters. The molecule has 1 aliphatic carbocycles. The molecule has 0 saturated heterocycles. The number of halogens is 4. The fraction of sp³-hybridized carbons (Fsp3) is 0.300. The SMILES string of the molecule is Cc1cc(NC(=O)NC(=O)c2c(F)cccc2F)cc(C)c1OCC1CC1(Cl)Cl. The van der Waals surface area contributed by atoms with E-state index in [0.717, 1.165) is 29.3 Å². The Labute approximate surface area is 176 Å². The molecule has 0 radical (unpaired) electrons. The summed E-state index contributed by atoms with van der Waals surface area (Å²) in [6.45, 7) is 3.98. The molecule has 29 heavy (non-hydrogen) atoms. The number of hydrogen-bond donors (Lipinski definition) is 2. The predicted octanol–water partition coefficient (Wildman–Crippen LogP) is 5.12. The van der Waals surface area contributed by atoms with Gasteiger partial charge in [0.05, 0.1) is 6.61 Å². The zero-order chi connectivity index (χ0) is 21.3. The van der Waals surface area contributed by atoms with Crippen LogP contribution in [0.15, 0.2) is 30.3 Å². The highest BCUT2D eigenvalue weighted by Crippen LogP contribution is 2.53. The molecule has 3 rings (SSSR count). The number of benzene rings is 2. The molecule has 1 aliphatic rings. The molecule has 1 fully saturated rings. The van der Waals surface area contributed by atoms with Crippen LogP contribution in [0.1, 0.15) is 27.9 Å². The summed E-state index contributed by atoms with van der Waals surface area (Å²) in [5, 5.41) is 4.37. The number of imide groups is 1. The molecule has 0 heterocycles. The van der Waals surface area contributed by atoms with Gasteiger partial charge in [-0.25, -0.2) is 13.6 Å². The Morgan fingerprint density at radius 1 is 1.17 bits per heavy atom. The summed E-state index contributed by atoms with van der Waals surface area (Å²) >= 11 is 12.0. The molecule has 2 N–H and O–H groups in total. The summed E-state index contributed by atoms with van der Waals surface area (Å²) in [6, 6.07) is 5.37. The summed E-state index contributed by atoms with van der Waals surface area (Å²) in [7, 11) is 0. The van der Waals surface area contributed by atoms with E-state index in [4.69, 9.17) is 27.9 Å². The summed E-state index contributed by atoms with van der Waals surface area (Å²) in [5.74, 6) is -2.58. The number of carbonyl (C=O) groups is 2. The second-order valence-electron chi connectivity index (χ2n) is 6.92. The number of alkyl halides is 2. The highest BCUT2D eigenvalue weighted by Gasteiger charge is 2.52. The molecule has 9 heteroatoms. The van der Waals surface area contributed by atoms with Gasteiger partial charge in [-0.05, 0) is 55.7 Å². The van der Waals surface area contributed by atoms with E-state index in [1.54, 1.807) is 26.0 Å². The number of urea groups is 1. The van der Waals surface area contributed by atoms with E-state index in [-0.39, 0.29) is 5.92 Å². The van der Waals surface area contributed by atoms with Gasteiger partial charge in [0.2, 0.25) is 0 Å². The molecule has 2 aromatic carbocycles. The van der Waals surface area contributed by atoms with E-state index in [0.29, 0.717) is 24.5 Å². The molecular formula is C20H18Cl2F2N2O3. The van der Waals surface area contributed by atoms with E-state index >= 15 is 0 Å². The van der Waals surface area contributed by atoms with Crippen molar-refractivity contribution in [2.75, 3.05) is 11.9 Å². The zero-order valence-electron chi connectivity index (χ0n) is 15.6. The average Bonchev–Trinajstić information content (AvgIpc) is 3.20. The lowest BCUT2D eigenvalue weighted by atomic mass is 10.1. The van der Waals surface area contributed by atoms with Crippen LogP contribution in [0.25, 0.3) is 0 Å². The Balaban J connectivity index is 1.64. The molecule has 0 spiro atoms. The zero-order valence-corrected chi connectivity index (χ0v) is 17.1. The lowest BCUT2D eigenvalue weighted by Crippen LogP contribution is -2.35. The van der Waals surface area contributed by atoms with Crippen LogP contribution in [0.4, 0.5) is 19.3 Å². The molecule has 0 bridgehead atoms. The predicted molar refractivity (Wildman–Crippen MR) is 107 cm³/mol. The molecule has 1 saturated carbocycles. The smallest absolute Gasteiger partial charge is 0.326 e. The minimum absolute atomic E-state index is 0.0676. The maximum absolute atomic E-state index is 13.6. The Morgan fingerprint density at radius 2 is 1.72 bits per heavy atom. The third kappa shape index (κ3) is 4.97. The van der Waals surface area contributed by atoms with Crippen molar-refractivity contribution >= 4 is 40.8 Å². The van der Waals surface area contributed by atoms with Crippen molar-refractivity contribution in [1.82, 2.24) is 5.32 Å². The molecule has 5 nitrogen and oxygen atoms in total. The highest BCUT2D eigenvalue weighted by molar-refractivity contribution is 6.50. The van der Waals surface area contributed by atoms with Gasteiger partial charge in [-0.15, -0.1) is 23.2 Å². The van der Waals surface area contributed by atoms with E-state index in [1.807, 2.05) is 5.32 Å². The van der Waals surface area contributed by atoms with Gasteiger partial charge in [0.25, 0.3) is 5.91 Å². The Bertz CT molecular complexity index is 939. The standard InChI is InChI=1S/C20H18Cl2F2N2O3/c1-10-6-13(7-11(2)17(10)29-9-12-8-20(12,21)22)25-19(28)26-18(27)16-14(23)4-3-5-15(16)24/h3-7,12H,8-9H2,1-2H3,(H2,25,26,27,28). The van der Waals surface area contributed by atoms with Crippen molar-refractivity contribution < 1.29 is 23.1 Å². The average molecular weight is 443 g/mol. The van der Waals surface area contributed by atoms with Crippen LogP contribution in [0, 0.1) is 31.4 Å². The fourth-order valence-electron chi connectivity index (χ4n) is 2.93. The van der Waals surface area contributed by atoms with E-state index in [1.165, 1.54) is 0 Å². The Hall–Kier alpha value is -2.38. The minimum atomic E-state index is -1.18. The summed E-state index contributed by atoms with van der Waals surface area (Å²) in [6.07, 6.45) is 0.671. The number of nitrogens with one attached hydrogen (secondary N) is 2. The van der Waals surface area contributed by atoms with Crippen LogP contribution in [-0.2, 0) is 0 Å². The lowest BCUT2D eigenvalue weighted by Gasteiger charge is -2.15. The third-order valence-electron chi connectivity index (χ3n) is 4.52. The molecular weight excluding hydrogens is 425 g/mol. The van der Waals surface area contributed by atoms with E-state index in [9.17, 15) is 18.4 Å². The number of amides is 3. The number of anilines is 1. The van der Waals surface area contributed by atoms with Crippen molar-refractivity contribution in [2.45, 2.75) is 24.6 Å². The maximum atomic E-state index is 13.6. The fourth-order valence-corrected chi connectivity index (χ4v) is 3.43. The topological polar surface area (TPSA) is 67.4 Å². The number of rotatable bonds is 5. The van der Waals surface area contributed by atoms with Crippen molar-refractivity contribution in [1.29, 1.82) is 0 Å². The summed E-state index contributed by atoms with van der Waals surface area (Å²) < 4.78 is 32.4. The van der Waals surface area contributed by atoms with Gasteiger partial charge in [-0.2, -0.15) is 0 Å². The normalized spacial score (nSPS) is 16.8. The number of aryl methyl sites for hydroxylation is 2. The quantitative estimate of drug-likeness (QED) is 0.631. The van der Waals surface area contributed by atoms with Crippen molar-refractivity contribution in [3.05, 3.63) is 58.7 Å². The van der Waals surface area contributed by atoms with Crippen molar-refractivity contribution in [3.8, 4) is 5.75 Å². The summed E-state index contributed by atoms with van der Waals surface area (Å²) in [5.41, 5.74) is 1.07. The lowest BCUT2D eigenvalue weighted by molar-refractivity contribution is 0.0959. The van der Waals surface area contributed by atoms with Crippen LogP contribution >= 0.6 is 23.2 Å². The molecule has 154 valence electrons. The first-order valence-electron chi connectivity index (χ1n) is 8.76. The van der Waals surface area contributed by atoms with E-state index in [2.05, 4.69) is 5.32 Å². The first-order valence-corrected chi connectivity index (χ1v) is 9.52. The van der Waals surface area contributed by atoms with Crippen molar-refractivity contribution in [3.63, 3.8) is 0 Å². The van der Waals surface area contributed by atoms with Crippen LogP contribution in [-0.4, -0.2) is 22.9 Å². The molecule has 3 amide bonds. The molecule has 2 aromatic rings. The highest BCUT2D eigenvalue weighted by atomic mass is 35.5. The second kappa shape index (κ2) is 8.16. The maximum Gasteiger partial charge on any atom is 0.326 e. The van der Waals surface area contributed by atoms with Crippen LogP contribution in [0.5, 0.6) is 5.75 Å². The van der Waals surface area contributed by atoms with E-state index < -0.39 is 33.5 Å². The molecule has 0 aromatic heterocycles. The largest absolute Gasteiger partial charge is 0.493 e. The molecule has 0 aliphatic heterocycles. The number of hydrogen-bond acceptors (Lipinski definition) is 3. The van der Waals surface area contributed by atoms with Crippen LogP contribution in [0.3, 0.4) is 0 Å². The number of ether oxygens (including phenoxy) is 1. The van der Waals surface area contributed by atoms with Gasteiger partial charge in [0.15, 0.2) is 0 Å². The second-order valence-corrected chi connectivity index (χ2v) is 8.46. The van der Waals surface area contributed by atoms with Gasteiger partial charge in [0, 0.05) is 11.6 Å². The first kappa shape index (κ1) is 21.3. The minimum Gasteiger partial charge on any atom is -0.493 e. The van der Waals surface area contributed by atoms with Gasteiger partial charge in [0.1, 0.15) is 27.3 Å². The van der Waals surface area contributed by atoms with Crippen LogP contribution in [0.2, 0.25) is 0 Å². The summed E-state index contributed by atoms with van der Waals surface area (Å²) in [4.78, 5) is 24.1. The van der Waals surface area contributed by atoms with Crippen LogP contribution < -0.4 is 15.4 Å².